The number of aryl methyl sites for hydroxylation is 1. The maximum atomic E-state index is 12.6. The van der Waals surface area contributed by atoms with Crippen molar-refractivity contribution in [3.63, 3.8) is 0 Å². The molecule has 6 nitrogen and oxygen atoms in total. The van der Waals surface area contributed by atoms with Crippen molar-refractivity contribution >= 4 is 16.0 Å². The molecule has 0 saturated heterocycles. The van der Waals surface area contributed by atoms with Gasteiger partial charge in [0.05, 0.1) is 24.7 Å². The van der Waals surface area contributed by atoms with Gasteiger partial charge in [-0.25, -0.2) is 17.9 Å². The zero-order valence-electron chi connectivity index (χ0n) is 14.6. The predicted molar refractivity (Wildman–Crippen MR) is 94.2 cm³/mol. The zero-order chi connectivity index (χ0) is 18.6. The Morgan fingerprint density at radius 1 is 1.08 bits per heavy atom. The molecule has 0 radical (unpaired) electrons. The van der Waals surface area contributed by atoms with Crippen molar-refractivity contribution in [2.24, 2.45) is 0 Å². The van der Waals surface area contributed by atoms with Gasteiger partial charge in [-0.3, -0.25) is 0 Å². The summed E-state index contributed by atoms with van der Waals surface area (Å²) in [6, 6.07) is 11.0. The second-order valence-corrected chi connectivity index (χ2v) is 7.30. The molecule has 2 aromatic rings. The fourth-order valence-corrected chi connectivity index (χ4v) is 3.62. The van der Waals surface area contributed by atoms with Crippen molar-refractivity contribution in [1.29, 1.82) is 0 Å². The number of nitrogens with one attached hydrogen (secondary N) is 1. The third kappa shape index (κ3) is 4.37. The van der Waals surface area contributed by atoms with E-state index in [-0.39, 0.29) is 10.5 Å². The Bertz CT molecular complexity index is 860. The van der Waals surface area contributed by atoms with Crippen LogP contribution in [0.25, 0.3) is 0 Å². The maximum absolute atomic E-state index is 12.6. The van der Waals surface area contributed by atoms with Crippen molar-refractivity contribution < 1.29 is 22.7 Å². The Morgan fingerprint density at radius 2 is 1.72 bits per heavy atom. The first-order valence-electron chi connectivity index (χ1n) is 7.63. The average molecular weight is 363 g/mol. The van der Waals surface area contributed by atoms with Gasteiger partial charge in [0.1, 0.15) is 5.75 Å². The van der Waals surface area contributed by atoms with E-state index in [9.17, 15) is 13.2 Å². The summed E-state index contributed by atoms with van der Waals surface area (Å²) in [5.74, 6) is 0.123. The minimum atomic E-state index is -3.79. The lowest BCUT2D eigenvalue weighted by Crippen LogP contribution is -2.27. The fraction of sp³-hybridized carbons (Fsp3) is 0.278. The van der Waals surface area contributed by atoms with Crippen LogP contribution < -0.4 is 9.46 Å². The molecule has 134 valence electrons. The van der Waals surface area contributed by atoms with Crippen molar-refractivity contribution in [1.82, 2.24) is 4.72 Å². The summed E-state index contributed by atoms with van der Waals surface area (Å²) >= 11 is 0. The molecule has 0 amide bonds. The predicted octanol–water partition coefficient (Wildman–Crippen LogP) is 2.83. The number of hydrogen-bond donors (Lipinski definition) is 1. The summed E-state index contributed by atoms with van der Waals surface area (Å²) in [6.45, 7) is 3.46. The summed E-state index contributed by atoms with van der Waals surface area (Å²) in [5.41, 5.74) is 1.67. The third-order valence-corrected chi connectivity index (χ3v) is 5.41. The standard InChI is InChI=1S/C18H21NO5S/c1-12-5-10-16(11-17(12)18(20)24-4)25(21,22)19-13(2)14-6-8-15(23-3)9-7-14/h5-11,13,19H,1-4H3. The highest BCUT2D eigenvalue weighted by Gasteiger charge is 2.21. The van der Waals surface area contributed by atoms with Gasteiger partial charge in [0.25, 0.3) is 0 Å². The van der Waals surface area contributed by atoms with E-state index >= 15 is 0 Å². The molecule has 0 heterocycles. The molecule has 0 spiro atoms. The smallest absolute Gasteiger partial charge is 0.338 e. The SMILES string of the molecule is COC(=O)c1cc(S(=O)(=O)NC(C)c2ccc(OC)cc2)ccc1C. The van der Waals surface area contributed by atoms with E-state index in [1.807, 2.05) is 0 Å². The lowest BCUT2D eigenvalue weighted by atomic mass is 10.1. The number of hydrogen-bond acceptors (Lipinski definition) is 5. The molecular formula is C18H21NO5S. The van der Waals surface area contributed by atoms with Crippen molar-refractivity contribution in [2.75, 3.05) is 14.2 Å². The van der Waals surface area contributed by atoms with Gasteiger partial charge in [0.15, 0.2) is 0 Å². The van der Waals surface area contributed by atoms with Gasteiger partial charge >= 0.3 is 5.97 Å². The lowest BCUT2D eigenvalue weighted by Gasteiger charge is -2.16. The quantitative estimate of drug-likeness (QED) is 0.798. The van der Waals surface area contributed by atoms with Gasteiger partial charge in [0.2, 0.25) is 10.0 Å². The Balaban J connectivity index is 2.27. The van der Waals surface area contributed by atoms with E-state index in [4.69, 9.17) is 9.47 Å². The van der Waals surface area contributed by atoms with Gasteiger partial charge < -0.3 is 9.47 Å². The van der Waals surface area contributed by atoms with Crippen LogP contribution in [0.4, 0.5) is 0 Å². The molecule has 0 bridgehead atoms. The molecule has 0 aliphatic carbocycles. The zero-order valence-corrected chi connectivity index (χ0v) is 15.4. The van der Waals surface area contributed by atoms with Crippen LogP contribution in [0, 0.1) is 6.92 Å². The third-order valence-electron chi connectivity index (χ3n) is 3.87. The van der Waals surface area contributed by atoms with Crippen molar-refractivity contribution in [2.45, 2.75) is 24.8 Å². The molecule has 0 saturated carbocycles. The van der Waals surface area contributed by atoms with Crippen LogP contribution >= 0.6 is 0 Å². The molecular weight excluding hydrogens is 342 g/mol. The minimum absolute atomic E-state index is 0.0128. The first-order valence-corrected chi connectivity index (χ1v) is 9.12. The largest absolute Gasteiger partial charge is 0.497 e. The first kappa shape index (κ1) is 19.0. The van der Waals surface area contributed by atoms with Gasteiger partial charge in [-0.05, 0) is 49.2 Å². The number of esters is 1. The number of carbonyl (C=O) groups excluding carboxylic acids is 1. The lowest BCUT2D eigenvalue weighted by molar-refractivity contribution is 0.0599. The molecule has 0 aromatic heterocycles. The molecule has 0 fully saturated rings. The number of benzene rings is 2. The van der Waals surface area contributed by atoms with E-state index in [1.54, 1.807) is 51.3 Å². The highest BCUT2D eigenvalue weighted by Crippen LogP contribution is 2.21. The summed E-state index contributed by atoms with van der Waals surface area (Å²) < 4.78 is 37.6. The molecule has 1 unspecified atom stereocenters. The first-order chi connectivity index (χ1) is 11.8. The van der Waals surface area contributed by atoms with Gasteiger partial charge in [-0.15, -0.1) is 0 Å². The Hall–Kier alpha value is -2.38. The van der Waals surface area contributed by atoms with Crippen LogP contribution in [-0.4, -0.2) is 28.6 Å². The average Bonchev–Trinajstić information content (AvgIpc) is 2.61. The van der Waals surface area contributed by atoms with E-state index in [0.717, 1.165) is 5.56 Å². The molecule has 0 aliphatic rings. The highest BCUT2D eigenvalue weighted by atomic mass is 32.2. The van der Waals surface area contributed by atoms with Gasteiger partial charge in [0, 0.05) is 6.04 Å². The van der Waals surface area contributed by atoms with Crippen LogP contribution in [0.5, 0.6) is 5.75 Å². The monoisotopic (exact) mass is 363 g/mol. The van der Waals surface area contributed by atoms with E-state index in [0.29, 0.717) is 11.3 Å². The second-order valence-electron chi connectivity index (χ2n) is 5.58. The summed E-state index contributed by atoms with van der Waals surface area (Å²) in [4.78, 5) is 11.8. The molecule has 25 heavy (non-hydrogen) atoms. The normalized spacial score (nSPS) is 12.5. The Kier molecular flexibility index (Phi) is 5.81. The van der Waals surface area contributed by atoms with E-state index in [2.05, 4.69) is 4.72 Å². The molecule has 1 N–H and O–H groups in total. The Morgan fingerprint density at radius 3 is 2.28 bits per heavy atom. The maximum Gasteiger partial charge on any atom is 0.338 e. The number of sulfonamides is 1. The molecule has 7 heteroatoms. The fourth-order valence-electron chi connectivity index (χ4n) is 2.36. The van der Waals surface area contributed by atoms with E-state index < -0.39 is 22.0 Å². The van der Waals surface area contributed by atoms with Crippen LogP contribution in [0.3, 0.4) is 0 Å². The number of ether oxygens (including phenoxy) is 2. The van der Waals surface area contributed by atoms with Crippen LogP contribution in [0.15, 0.2) is 47.4 Å². The van der Waals surface area contributed by atoms with Gasteiger partial charge in [-0.1, -0.05) is 18.2 Å². The number of methoxy groups -OCH3 is 2. The molecule has 0 aliphatic heterocycles. The van der Waals surface area contributed by atoms with Crippen LogP contribution in [-0.2, 0) is 14.8 Å². The van der Waals surface area contributed by atoms with E-state index in [1.165, 1.54) is 19.2 Å². The number of carbonyl (C=O) groups is 1. The van der Waals surface area contributed by atoms with Crippen molar-refractivity contribution in [3.05, 3.63) is 59.2 Å². The second kappa shape index (κ2) is 7.67. The van der Waals surface area contributed by atoms with Crippen molar-refractivity contribution in [3.8, 4) is 5.75 Å². The molecule has 2 aromatic carbocycles. The summed E-state index contributed by atoms with van der Waals surface area (Å²) in [5, 5.41) is 0. The van der Waals surface area contributed by atoms with Crippen LogP contribution in [0.1, 0.15) is 34.5 Å². The topological polar surface area (TPSA) is 81.7 Å². The number of rotatable bonds is 6. The molecule has 2 rings (SSSR count). The Labute approximate surface area is 147 Å². The minimum Gasteiger partial charge on any atom is -0.497 e. The molecule has 1 atom stereocenters. The summed E-state index contributed by atoms with van der Waals surface area (Å²) in [6.07, 6.45) is 0. The van der Waals surface area contributed by atoms with Gasteiger partial charge in [-0.2, -0.15) is 0 Å². The highest BCUT2D eigenvalue weighted by molar-refractivity contribution is 7.89. The van der Waals surface area contributed by atoms with Crippen LogP contribution in [0.2, 0.25) is 0 Å². The summed E-state index contributed by atoms with van der Waals surface area (Å²) in [7, 11) is -0.970.